The molecular formula is C12H15NO4S. The molecule has 1 aliphatic heterocycles. The molecule has 0 radical (unpaired) electrons. The van der Waals surface area contributed by atoms with Crippen molar-refractivity contribution in [1.82, 2.24) is 0 Å². The smallest absolute Gasteiger partial charge is 0.308 e. The first-order valence-electron chi connectivity index (χ1n) is 5.77. The van der Waals surface area contributed by atoms with Crippen LogP contribution in [-0.2, 0) is 21.2 Å². The Morgan fingerprint density at radius 1 is 1.44 bits per heavy atom. The maximum Gasteiger partial charge on any atom is 0.308 e. The van der Waals surface area contributed by atoms with Gasteiger partial charge in [0.1, 0.15) is 0 Å². The Hall–Kier alpha value is -1.56. The van der Waals surface area contributed by atoms with Crippen LogP contribution in [0.3, 0.4) is 0 Å². The van der Waals surface area contributed by atoms with Crippen LogP contribution in [0.2, 0.25) is 0 Å². The first-order valence-corrected chi connectivity index (χ1v) is 7.37. The summed E-state index contributed by atoms with van der Waals surface area (Å²) in [7, 11) is -3.43. The number of carboxylic acid groups (broad SMARTS) is 1. The van der Waals surface area contributed by atoms with Crippen molar-refractivity contribution in [2.75, 3.05) is 16.6 Å². The molecule has 2 rings (SSSR count). The van der Waals surface area contributed by atoms with E-state index >= 15 is 0 Å². The average Bonchev–Trinajstić information content (AvgIpc) is 2.37. The summed E-state index contributed by atoms with van der Waals surface area (Å²) in [6, 6.07) is 7.06. The van der Waals surface area contributed by atoms with E-state index in [0.717, 1.165) is 5.56 Å². The van der Waals surface area contributed by atoms with Crippen LogP contribution in [0.15, 0.2) is 24.3 Å². The molecule has 1 aromatic carbocycles. The van der Waals surface area contributed by atoms with Gasteiger partial charge < -0.3 is 5.11 Å². The van der Waals surface area contributed by atoms with Crippen molar-refractivity contribution >= 4 is 21.7 Å². The molecule has 18 heavy (non-hydrogen) atoms. The molecule has 0 aliphatic carbocycles. The van der Waals surface area contributed by atoms with Crippen molar-refractivity contribution < 1.29 is 18.3 Å². The summed E-state index contributed by atoms with van der Waals surface area (Å²) in [5.41, 5.74) is 1.38. The molecule has 0 bridgehead atoms. The monoisotopic (exact) mass is 269 g/mol. The van der Waals surface area contributed by atoms with E-state index in [-0.39, 0.29) is 12.3 Å². The van der Waals surface area contributed by atoms with Crippen LogP contribution < -0.4 is 4.31 Å². The highest BCUT2D eigenvalue weighted by Crippen LogP contribution is 2.31. The number of aliphatic carboxylic acids is 1. The number of benzene rings is 1. The minimum absolute atomic E-state index is 0.0164. The third kappa shape index (κ3) is 2.20. The third-order valence-electron chi connectivity index (χ3n) is 3.16. The zero-order chi connectivity index (χ0) is 13.3. The largest absolute Gasteiger partial charge is 0.481 e. The summed E-state index contributed by atoms with van der Waals surface area (Å²) >= 11 is 0. The Balaban J connectivity index is 2.50. The van der Waals surface area contributed by atoms with E-state index < -0.39 is 21.9 Å². The van der Waals surface area contributed by atoms with Gasteiger partial charge in [-0.15, -0.1) is 0 Å². The van der Waals surface area contributed by atoms with Gasteiger partial charge in [0.2, 0.25) is 10.0 Å². The Morgan fingerprint density at radius 2 is 2.11 bits per heavy atom. The molecule has 1 atom stereocenters. The number of nitrogens with zero attached hydrogens (tertiary/aromatic N) is 1. The molecule has 0 saturated carbocycles. The highest BCUT2D eigenvalue weighted by molar-refractivity contribution is 7.92. The van der Waals surface area contributed by atoms with Gasteiger partial charge in [0, 0.05) is 6.54 Å². The standard InChI is InChI=1S/C12H15NO4S/c1-2-18(16,17)13-8-10(12(14)15)7-9-5-3-4-6-11(9)13/h3-6,10H,2,7-8H2,1H3,(H,14,15). The van der Waals surface area contributed by atoms with Crippen molar-refractivity contribution in [1.29, 1.82) is 0 Å². The van der Waals surface area contributed by atoms with Crippen molar-refractivity contribution in [2.45, 2.75) is 13.3 Å². The predicted molar refractivity (Wildman–Crippen MR) is 68.1 cm³/mol. The fourth-order valence-electron chi connectivity index (χ4n) is 2.14. The van der Waals surface area contributed by atoms with E-state index in [2.05, 4.69) is 0 Å². The van der Waals surface area contributed by atoms with Gasteiger partial charge in [-0.05, 0) is 25.0 Å². The topological polar surface area (TPSA) is 74.7 Å². The molecule has 0 fully saturated rings. The molecule has 0 spiro atoms. The first-order chi connectivity index (χ1) is 8.45. The molecule has 0 aromatic heterocycles. The van der Waals surface area contributed by atoms with Gasteiger partial charge in [0.15, 0.2) is 0 Å². The lowest BCUT2D eigenvalue weighted by molar-refractivity contribution is -0.141. The number of rotatable bonds is 3. The molecule has 1 aromatic rings. The Labute approximate surface area is 106 Å². The molecule has 6 heteroatoms. The number of carboxylic acids is 1. The first kappa shape index (κ1) is 12.9. The third-order valence-corrected chi connectivity index (χ3v) is 4.91. The minimum atomic E-state index is -3.43. The lowest BCUT2D eigenvalue weighted by Gasteiger charge is -2.33. The normalized spacial score (nSPS) is 19.4. The van der Waals surface area contributed by atoms with E-state index in [1.165, 1.54) is 4.31 Å². The van der Waals surface area contributed by atoms with Crippen LogP contribution in [0.5, 0.6) is 0 Å². The number of hydrogen-bond acceptors (Lipinski definition) is 3. The van der Waals surface area contributed by atoms with Crippen molar-refractivity contribution in [2.24, 2.45) is 5.92 Å². The van der Waals surface area contributed by atoms with E-state index in [0.29, 0.717) is 12.1 Å². The van der Waals surface area contributed by atoms with Crippen LogP contribution in [-0.4, -0.2) is 31.8 Å². The zero-order valence-electron chi connectivity index (χ0n) is 10.0. The van der Waals surface area contributed by atoms with E-state index in [4.69, 9.17) is 5.11 Å². The maximum absolute atomic E-state index is 12.0. The summed E-state index contributed by atoms with van der Waals surface area (Å²) in [5.74, 6) is -1.67. The van der Waals surface area contributed by atoms with Crippen molar-refractivity contribution in [3.05, 3.63) is 29.8 Å². The molecule has 0 amide bonds. The van der Waals surface area contributed by atoms with E-state index in [1.807, 2.05) is 0 Å². The average molecular weight is 269 g/mol. The zero-order valence-corrected chi connectivity index (χ0v) is 10.9. The fraction of sp³-hybridized carbons (Fsp3) is 0.417. The SMILES string of the molecule is CCS(=O)(=O)N1CC(C(=O)O)Cc2ccccc21. The summed E-state index contributed by atoms with van der Waals surface area (Å²) in [6.45, 7) is 1.57. The summed E-state index contributed by atoms with van der Waals surface area (Å²) in [5, 5.41) is 9.10. The van der Waals surface area contributed by atoms with Gasteiger partial charge in [-0.3, -0.25) is 9.10 Å². The fourth-order valence-corrected chi connectivity index (χ4v) is 3.34. The molecule has 0 saturated heterocycles. The molecule has 98 valence electrons. The Morgan fingerprint density at radius 3 is 2.72 bits per heavy atom. The van der Waals surface area contributed by atoms with Crippen molar-refractivity contribution in [3.63, 3.8) is 0 Å². The van der Waals surface area contributed by atoms with Crippen LogP contribution in [0.1, 0.15) is 12.5 Å². The second kappa shape index (κ2) is 4.61. The maximum atomic E-state index is 12.0. The molecular weight excluding hydrogens is 254 g/mol. The van der Waals surface area contributed by atoms with Gasteiger partial charge in [0.25, 0.3) is 0 Å². The quantitative estimate of drug-likeness (QED) is 0.891. The molecule has 1 N–H and O–H groups in total. The molecule has 1 unspecified atom stereocenters. The van der Waals surface area contributed by atoms with Gasteiger partial charge in [-0.25, -0.2) is 8.42 Å². The lowest BCUT2D eigenvalue weighted by Crippen LogP contribution is -2.43. The van der Waals surface area contributed by atoms with Gasteiger partial charge in [0.05, 0.1) is 17.4 Å². The highest BCUT2D eigenvalue weighted by Gasteiger charge is 2.34. The molecule has 1 heterocycles. The summed E-state index contributed by atoms with van der Waals surface area (Å²) in [4.78, 5) is 11.1. The number of carbonyl (C=O) groups is 1. The van der Waals surface area contributed by atoms with Crippen LogP contribution in [0, 0.1) is 5.92 Å². The summed E-state index contributed by atoms with van der Waals surface area (Å²) < 4.78 is 25.3. The number of sulfonamides is 1. The van der Waals surface area contributed by atoms with Gasteiger partial charge >= 0.3 is 5.97 Å². The van der Waals surface area contributed by atoms with Crippen LogP contribution >= 0.6 is 0 Å². The number of para-hydroxylation sites is 1. The highest BCUT2D eigenvalue weighted by atomic mass is 32.2. The Kier molecular flexibility index (Phi) is 3.30. The second-order valence-electron chi connectivity index (χ2n) is 4.30. The van der Waals surface area contributed by atoms with Crippen LogP contribution in [0.4, 0.5) is 5.69 Å². The van der Waals surface area contributed by atoms with E-state index in [9.17, 15) is 13.2 Å². The molecule has 1 aliphatic rings. The number of anilines is 1. The second-order valence-corrected chi connectivity index (χ2v) is 6.48. The van der Waals surface area contributed by atoms with Gasteiger partial charge in [-0.2, -0.15) is 0 Å². The Bertz CT molecular complexity index is 567. The van der Waals surface area contributed by atoms with Gasteiger partial charge in [-0.1, -0.05) is 18.2 Å². The number of fused-ring (bicyclic) bond motifs is 1. The van der Waals surface area contributed by atoms with Crippen LogP contribution in [0.25, 0.3) is 0 Å². The predicted octanol–water partition coefficient (Wildman–Crippen LogP) is 1.10. The van der Waals surface area contributed by atoms with E-state index in [1.54, 1.807) is 31.2 Å². The molecule has 5 nitrogen and oxygen atoms in total. The summed E-state index contributed by atoms with van der Waals surface area (Å²) in [6.07, 6.45) is 0.376. The lowest BCUT2D eigenvalue weighted by atomic mass is 9.94. The number of hydrogen-bond donors (Lipinski definition) is 1. The minimum Gasteiger partial charge on any atom is -0.481 e. The van der Waals surface area contributed by atoms with Crippen molar-refractivity contribution in [3.8, 4) is 0 Å².